The summed E-state index contributed by atoms with van der Waals surface area (Å²) in [5, 5.41) is 9.33. The maximum Gasteiger partial charge on any atom is 0.165 e. The first-order valence-electron chi connectivity index (χ1n) is 6.18. The van der Waals surface area contributed by atoms with Crippen LogP contribution in [0.15, 0.2) is 18.2 Å². The smallest absolute Gasteiger partial charge is 0.165 e. The van der Waals surface area contributed by atoms with Gasteiger partial charge in [0.2, 0.25) is 0 Å². The normalized spacial score (nSPS) is 12.8. The third-order valence-electron chi connectivity index (χ3n) is 3.07. The zero-order chi connectivity index (χ0) is 12.8. The van der Waals surface area contributed by atoms with Crippen molar-refractivity contribution < 1.29 is 14.2 Å². The van der Waals surface area contributed by atoms with Crippen molar-refractivity contribution in [2.75, 3.05) is 6.61 Å². The zero-order valence-corrected chi connectivity index (χ0v) is 10.7. The summed E-state index contributed by atoms with van der Waals surface area (Å²) in [4.78, 5) is 0. The molecule has 0 aliphatic rings. The molecule has 0 fully saturated rings. The number of aliphatic hydroxyl groups excluding tert-OH is 1. The van der Waals surface area contributed by atoms with Gasteiger partial charge in [0.1, 0.15) is 0 Å². The molecule has 0 aliphatic heterocycles. The third kappa shape index (κ3) is 4.00. The molecule has 2 nitrogen and oxygen atoms in total. The number of ether oxygens (including phenoxy) is 1. The highest BCUT2D eigenvalue weighted by Gasteiger charge is 2.10. The van der Waals surface area contributed by atoms with Crippen LogP contribution < -0.4 is 4.74 Å². The first kappa shape index (κ1) is 14.0. The fourth-order valence-electron chi connectivity index (χ4n) is 1.63. The summed E-state index contributed by atoms with van der Waals surface area (Å²) in [6.45, 7) is 6.35. The van der Waals surface area contributed by atoms with Crippen LogP contribution in [-0.4, -0.2) is 11.7 Å². The van der Waals surface area contributed by atoms with Crippen LogP contribution in [0.2, 0.25) is 0 Å². The monoisotopic (exact) mass is 240 g/mol. The Hall–Kier alpha value is -1.09. The van der Waals surface area contributed by atoms with E-state index in [0.717, 1.165) is 12.8 Å². The first-order valence-corrected chi connectivity index (χ1v) is 6.18. The number of aliphatic hydroxyl groups is 1. The van der Waals surface area contributed by atoms with Gasteiger partial charge in [0.25, 0.3) is 0 Å². The Morgan fingerprint density at radius 2 is 1.94 bits per heavy atom. The average Bonchev–Trinajstić information content (AvgIpc) is 2.31. The molecule has 0 amide bonds. The number of hydrogen-bond donors (Lipinski definition) is 1. The van der Waals surface area contributed by atoms with Crippen LogP contribution in [0.1, 0.15) is 45.3 Å². The first-order chi connectivity index (χ1) is 8.08. The highest BCUT2D eigenvalue weighted by Crippen LogP contribution is 2.23. The zero-order valence-electron chi connectivity index (χ0n) is 10.7. The lowest BCUT2D eigenvalue weighted by atomic mass is 10.1. The maximum atomic E-state index is 13.6. The Kier molecular flexibility index (Phi) is 5.42. The molecule has 0 saturated carbocycles. The Morgan fingerprint density at radius 3 is 2.41 bits per heavy atom. The Bertz CT molecular complexity index is 346. The largest absolute Gasteiger partial charge is 0.490 e. The predicted octanol–water partition coefficient (Wildman–Crippen LogP) is 3.69. The van der Waals surface area contributed by atoms with E-state index in [9.17, 15) is 9.50 Å². The van der Waals surface area contributed by atoms with Crippen LogP contribution in [0.4, 0.5) is 4.39 Å². The molecule has 0 heterocycles. The van der Waals surface area contributed by atoms with E-state index in [-0.39, 0.29) is 5.75 Å². The van der Waals surface area contributed by atoms with E-state index in [0.29, 0.717) is 18.1 Å². The summed E-state index contributed by atoms with van der Waals surface area (Å²) in [7, 11) is 0. The van der Waals surface area contributed by atoms with Crippen molar-refractivity contribution in [1.82, 2.24) is 0 Å². The van der Waals surface area contributed by atoms with Crippen LogP contribution >= 0.6 is 0 Å². The molecule has 1 aromatic carbocycles. The molecule has 3 heteroatoms. The lowest BCUT2D eigenvalue weighted by Gasteiger charge is -2.15. The van der Waals surface area contributed by atoms with Gasteiger partial charge < -0.3 is 9.84 Å². The molecule has 0 aromatic heterocycles. The van der Waals surface area contributed by atoms with Gasteiger partial charge in [0.05, 0.1) is 12.7 Å². The molecule has 1 rings (SSSR count). The number of benzene rings is 1. The minimum Gasteiger partial charge on any atom is -0.490 e. The SMILES string of the molecule is CCC(CC)COc1ccc([C@@H](C)O)cc1F. The van der Waals surface area contributed by atoms with Gasteiger partial charge in [-0.15, -0.1) is 0 Å². The standard InChI is InChI=1S/C14H21FO2/c1-4-11(5-2)9-17-14-7-6-12(10(3)16)8-13(14)15/h6-8,10-11,16H,4-5,9H2,1-3H3/t10-/m1/s1. The van der Waals surface area contributed by atoms with Crippen molar-refractivity contribution in [2.24, 2.45) is 5.92 Å². The summed E-state index contributed by atoms with van der Waals surface area (Å²) in [6.07, 6.45) is 1.41. The van der Waals surface area contributed by atoms with Gasteiger partial charge in [-0.05, 0) is 30.5 Å². The van der Waals surface area contributed by atoms with Gasteiger partial charge >= 0.3 is 0 Å². The molecular weight excluding hydrogens is 219 g/mol. The van der Waals surface area contributed by atoms with Crippen LogP contribution in [0.5, 0.6) is 5.75 Å². The maximum absolute atomic E-state index is 13.6. The van der Waals surface area contributed by atoms with E-state index >= 15 is 0 Å². The summed E-state index contributed by atoms with van der Waals surface area (Å²) in [5.74, 6) is 0.321. The molecule has 0 bridgehead atoms. The van der Waals surface area contributed by atoms with E-state index in [1.54, 1.807) is 19.1 Å². The Balaban J connectivity index is 2.66. The lowest BCUT2D eigenvalue weighted by molar-refractivity contribution is 0.197. The highest BCUT2D eigenvalue weighted by molar-refractivity contribution is 5.30. The number of halogens is 1. The van der Waals surface area contributed by atoms with E-state index in [4.69, 9.17) is 4.74 Å². The van der Waals surface area contributed by atoms with Crippen molar-refractivity contribution in [3.05, 3.63) is 29.6 Å². The third-order valence-corrected chi connectivity index (χ3v) is 3.07. The van der Waals surface area contributed by atoms with E-state index in [2.05, 4.69) is 13.8 Å². The van der Waals surface area contributed by atoms with Gasteiger partial charge in [-0.25, -0.2) is 4.39 Å². The van der Waals surface area contributed by atoms with Crippen molar-refractivity contribution >= 4 is 0 Å². The Morgan fingerprint density at radius 1 is 1.29 bits per heavy atom. The molecule has 0 aliphatic carbocycles. The lowest BCUT2D eigenvalue weighted by Crippen LogP contribution is -2.11. The molecule has 0 unspecified atom stereocenters. The van der Waals surface area contributed by atoms with Crippen molar-refractivity contribution in [2.45, 2.75) is 39.7 Å². The van der Waals surface area contributed by atoms with Gasteiger partial charge in [0.15, 0.2) is 11.6 Å². The van der Waals surface area contributed by atoms with Gasteiger partial charge in [-0.1, -0.05) is 32.8 Å². The number of rotatable bonds is 6. The minimum atomic E-state index is -0.655. The summed E-state index contributed by atoms with van der Waals surface area (Å²) >= 11 is 0. The fraction of sp³-hybridized carbons (Fsp3) is 0.571. The molecule has 96 valence electrons. The second-order valence-corrected chi connectivity index (χ2v) is 4.36. The Labute approximate surface area is 102 Å². The predicted molar refractivity (Wildman–Crippen MR) is 66.6 cm³/mol. The van der Waals surface area contributed by atoms with E-state index < -0.39 is 11.9 Å². The molecule has 1 atom stereocenters. The van der Waals surface area contributed by atoms with Crippen molar-refractivity contribution in [1.29, 1.82) is 0 Å². The van der Waals surface area contributed by atoms with Crippen LogP contribution in [0.3, 0.4) is 0 Å². The second-order valence-electron chi connectivity index (χ2n) is 4.36. The quantitative estimate of drug-likeness (QED) is 0.821. The topological polar surface area (TPSA) is 29.5 Å². The van der Waals surface area contributed by atoms with Gasteiger partial charge in [-0.3, -0.25) is 0 Å². The molecule has 1 aromatic rings. The summed E-state index contributed by atoms with van der Waals surface area (Å²) in [5.41, 5.74) is 0.567. The molecule has 1 N–H and O–H groups in total. The molecule has 0 spiro atoms. The average molecular weight is 240 g/mol. The van der Waals surface area contributed by atoms with Crippen LogP contribution in [0, 0.1) is 11.7 Å². The molecule has 0 radical (unpaired) electrons. The van der Waals surface area contributed by atoms with Crippen molar-refractivity contribution in [3.63, 3.8) is 0 Å². The minimum absolute atomic E-state index is 0.265. The van der Waals surface area contributed by atoms with Crippen LogP contribution in [-0.2, 0) is 0 Å². The summed E-state index contributed by atoms with van der Waals surface area (Å²) in [6, 6.07) is 4.60. The van der Waals surface area contributed by atoms with Gasteiger partial charge in [0, 0.05) is 0 Å². The highest BCUT2D eigenvalue weighted by atomic mass is 19.1. The van der Waals surface area contributed by atoms with E-state index in [1.807, 2.05) is 0 Å². The second kappa shape index (κ2) is 6.60. The van der Waals surface area contributed by atoms with Gasteiger partial charge in [-0.2, -0.15) is 0 Å². The van der Waals surface area contributed by atoms with Crippen molar-refractivity contribution in [3.8, 4) is 5.75 Å². The van der Waals surface area contributed by atoms with E-state index in [1.165, 1.54) is 6.07 Å². The summed E-state index contributed by atoms with van der Waals surface area (Å²) < 4.78 is 19.1. The van der Waals surface area contributed by atoms with Crippen LogP contribution in [0.25, 0.3) is 0 Å². The molecule has 0 saturated heterocycles. The number of hydrogen-bond acceptors (Lipinski definition) is 2. The molecule has 17 heavy (non-hydrogen) atoms. The fourth-order valence-corrected chi connectivity index (χ4v) is 1.63. The molecular formula is C14H21FO2.